The van der Waals surface area contributed by atoms with Crippen molar-refractivity contribution in [3.8, 4) is 0 Å². The van der Waals surface area contributed by atoms with Gasteiger partial charge in [-0.1, -0.05) is 26.0 Å². The average Bonchev–Trinajstić information content (AvgIpc) is 2.21. The Morgan fingerprint density at radius 2 is 1.65 bits per heavy atom. The first-order valence-electron chi connectivity index (χ1n) is 5.74. The molecule has 0 fully saturated rings. The summed E-state index contributed by atoms with van der Waals surface area (Å²) in [5.74, 6) is -0.965. The largest absolute Gasteiger partial charge is 0.480 e. The maximum absolute atomic E-state index is 11.1. The van der Waals surface area contributed by atoms with Crippen LogP contribution in [0.3, 0.4) is 0 Å². The highest BCUT2D eigenvalue weighted by Crippen LogP contribution is 2.31. The lowest BCUT2D eigenvalue weighted by atomic mass is 9.75. The molecule has 0 aliphatic rings. The molecule has 0 heterocycles. The Balaban J connectivity index is 3.33. The number of aryl methyl sites for hydroxylation is 3. The normalized spacial score (nSPS) is 13.5. The van der Waals surface area contributed by atoms with Crippen molar-refractivity contribution >= 4 is 5.97 Å². The lowest BCUT2D eigenvalue weighted by molar-refractivity contribution is -0.140. The minimum atomic E-state index is -0.965. The van der Waals surface area contributed by atoms with E-state index in [9.17, 15) is 4.79 Å². The van der Waals surface area contributed by atoms with Crippen LogP contribution in [0.5, 0.6) is 0 Å². The highest BCUT2D eigenvalue weighted by Gasteiger charge is 2.34. The minimum absolute atomic E-state index is 0.575. The number of carboxylic acids is 1. The van der Waals surface area contributed by atoms with E-state index in [0.717, 1.165) is 16.7 Å². The molecular weight excluding hydrogens is 214 g/mol. The van der Waals surface area contributed by atoms with Gasteiger partial charge in [-0.2, -0.15) is 0 Å². The fourth-order valence-corrected chi connectivity index (χ4v) is 2.13. The van der Waals surface area contributed by atoms with E-state index in [0.29, 0.717) is 0 Å². The third-order valence-electron chi connectivity index (χ3n) is 3.58. The van der Waals surface area contributed by atoms with E-state index in [1.807, 2.05) is 33.8 Å². The van der Waals surface area contributed by atoms with Crippen LogP contribution in [-0.2, 0) is 10.2 Å². The van der Waals surface area contributed by atoms with Gasteiger partial charge in [0.15, 0.2) is 0 Å². The van der Waals surface area contributed by atoms with Crippen LogP contribution in [0.1, 0.15) is 36.1 Å². The van der Waals surface area contributed by atoms with Crippen molar-refractivity contribution in [1.82, 2.24) is 0 Å². The first kappa shape index (κ1) is 13.7. The Kier molecular flexibility index (Phi) is 3.62. The van der Waals surface area contributed by atoms with Gasteiger partial charge in [-0.15, -0.1) is 0 Å². The number of carboxylic acid groups (broad SMARTS) is 1. The van der Waals surface area contributed by atoms with Gasteiger partial charge in [-0.05, 0) is 43.0 Å². The Bertz CT molecular complexity index is 450. The van der Waals surface area contributed by atoms with Crippen molar-refractivity contribution in [2.45, 2.75) is 46.1 Å². The number of hydrogen-bond acceptors (Lipinski definition) is 2. The summed E-state index contributed by atoms with van der Waals surface area (Å²) in [6, 6.07) is 3.23. The smallest absolute Gasteiger partial charge is 0.321 e. The molecule has 0 saturated heterocycles. The summed E-state index contributed by atoms with van der Waals surface area (Å²) < 4.78 is 0. The molecule has 17 heavy (non-hydrogen) atoms. The first-order chi connectivity index (χ1) is 7.67. The zero-order chi connectivity index (χ0) is 13.4. The molecule has 0 radical (unpaired) electrons. The fraction of sp³-hybridized carbons (Fsp3) is 0.500. The van der Waals surface area contributed by atoms with Gasteiger partial charge in [0.25, 0.3) is 0 Å². The highest BCUT2D eigenvalue weighted by molar-refractivity contribution is 5.75. The van der Waals surface area contributed by atoms with Crippen LogP contribution in [0.4, 0.5) is 0 Å². The van der Waals surface area contributed by atoms with Crippen LogP contribution in [0.15, 0.2) is 12.1 Å². The van der Waals surface area contributed by atoms with Crippen LogP contribution in [0.2, 0.25) is 0 Å². The predicted molar refractivity (Wildman–Crippen MR) is 69.3 cm³/mol. The Morgan fingerprint density at radius 1 is 1.18 bits per heavy atom. The van der Waals surface area contributed by atoms with Gasteiger partial charge in [0.05, 0.1) is 0 Å². The molecule has 1 aromatic carbocycles. The summed E-state index contributed by atoms with van der Waals surface area (Å²) in [6.07, 6.45) is 0. The van der Waals surface area contributed by atoms with Crippen LogP contribution in [0.25, 0.3) is 0 Å². The van der Waals surface area contributed by atoms with E-state index >= 15 is 0 Å². The maximum atomic E-state index is 11.1. The highest BCUT2D eigenvalue weighted by atomic mass is 16.4. The second kappa shape index (κ2) is 4.49. The van der Waals surface area contributed by atoms with Gasteiger partial charge >= 0.3 is 5.97 Å². The molecule has 0 aliphatic heterocycles. The SMILES string of the molecule is Cc1cc(C)c(C(C)(C)C(N)C(=O)O)cc1C. The van der Waals surface area contributed by atoms with Crippen LogP contribution < -0.4 is 5.73 Å². The quantitative estimate of drug-likeness (QED) is 0.845. The molecule has 1 rings (SSSR count). The maximum Gasteiger partial charge on any atom is 0.321 e. The second-order valence-corrected chi connectivity index (χ2v) is 5.29. The van der Waals surface area contributed by atoms with Gasteiger partial charge in [-0.25, -0.2) is 0 Å². The lowest BCUT2D eigenvalue weighted by Gasteiger charge is -2.31. The monoisotopic (exact) mass is 235 g/mol. The first-order valence-corrected chi connectivity index (χ1v) is 5.74. The molecule has 0 aromatic heterocycles. The molecule has 3 N–H and O–H groups in total. The second-order valence-electron chi connectivity index (χ2n) is 5.29. The van der Waals surface area contributed by atoms with Crippen LogP contribution >= 0.6 is 0 Å². The molecule has 0 aliphatic carbocycles. The minimum Gasteiger partial charge on any atom is -0.480 e. The molecule has 0 saturated carbocycles. The summed E-state index contributed by atoms with van der Waals surface area (Å²) in [4.78, 5) is 11.1. The van der Waals surface area contributed by atoms with Crippen molar-refractivity contribution < 1.29 is 9.90 Å². The van der Waals surface area contributed by atoms with E-state index in [2.05, 4.69) is 13.0 Å². The summed E-state index contributed by atoms with van der Waals surface area (Å²) in [7, 11) is 0. The van der Waals surface area contributed by atoms with Gasteiger partial charge in [0, 0.05) is 5.41 Å². The standard InChI is InChI=1S/C14H21NO2/c1-8-6-10(3)11(7-9(8)2)14(4,5)12(15)13(16)17/h6-7,12H,15H2,1-5H3,(H,16,17). The van der Waals surface area contributed by atoms with E-state index < -0.39 is 17.4 Å². The van der Waals surface area contributed by atoms with E-state index in [1.165, 1.54) is 5.56 Å². The van der Waals surface area contributed by atoms with Crippen molar-refractivity contribution in [3.63, 3.8) is 0 Å². The lowest BCUT2D eigenvalue weighted by Crippen LogP contribution is -2.47. The average molecular weight is 235 g/mol. The van der Waals surface area contributed by atoms with Crippen molar-refractivity contribution in [1.29, 1.82) is 0 Å². The fourth-order valence-electron chi connectivity index (χ4n) is 2.13. The molecule has 0 amide bonds. The molecule has 1 aromatic rings. The molecule has 0 spiro atoms. The Morgan fingerprint density at radius 3 is 2.12 bits per heavy atom. The zero-order valence-electron chi connectivity index (χ0n) is 11.2. The number of nitrogens with two attached hydrogens (primary N) is 1. The van der Waals surface area contributed by atoms with Gasteiger partial charge in [-0.3, -0.25) is 4.79 Å². The summed E-state index contributed by atoms with van der Waals surface area (Å²) in [6.45, 7) is 9.83. The number of benzene rings is 1. The van der Waals surface area contributed by atoms with E-state index in [1.54, 1.807) is 0 Å². The molecular formula is C14H21NO2. The van der Waals surface area contributed by atoms with Gasteiger partial charge in [0.2, 0.25) is 0 Å². The van der Waals surface area contributed by atoms with Crippen LogP contribution in [0, 0.1) is 20.8 Å². The Hall–Kier alpha value is -1.35. The summed E-state index contributed by atoms with van der Waals surface area (Å²) in [5, 5.41) is 9.07. The van der Waals surface area contributed by atoms with Crippen LogP contribution in [-0.4, -0.2) is 17.1 Å². The predicted octanol–water partition coefficient (Wildman–Crippen LogP) is 2.30. The van der Waals surface area contributed by atoms with Crippen molar-refractivity contribution in [3.05, 3.63) is 34.4 Å². The molecule has 1 atom stereocenters. The number of rotatable bonds is 3. The summed E-state index contributed by atoms with van der Waals surface area (Å²) >= 11 is 0. The topological polar surface area (TPSA) is 63.3 Å². The van der Waals surface area contributed by atoms with Gasteiger partial charge < -0.3 is 10.8 Å². The number of hydrogen-bond donors (Lipinski definition) is 2. The van der Waals surface area contributed by atoms with Crippen molar-refractivity contribution in [2.75, 3.05) is 0 Å². The van der Waals surface area contributed by atoms with E-state index in [-0.39, 0.29) is 0 Å². The number of aliphatic carboxylic acids is 1. The molecule has 94 valence electrons. The third-order valence-corrected chi connectivity index (χ3v) is 3.58. The van der Waals surface area contributed by atoms with Gasteiger partial charge in [0.1, 0.15) is 6.04 Å². The van der Waals surface area contributed by atoms with Crippen molar-refractivity contribution in [2.24, 2.45) is 5.73 Å². The molecule has 3 heteroatoms. The molecule has 3 nitrogen and oxygen atoms in total. The Labute approximate surface area is 103 Å². The summed E-state index contributed by atoms with van der Waals surface area (Å²) in [5.41, 5.74) is 9.69. The molecule has 1 unspecified atom stereocenters. The van der Waals surface area contributed by atoms with E-state index in [4.69, 9.17) is 10.8 Å². The third kappa shape index (κ3) is 2.50. The molecule has 0 bridgehead atoms. The zero-order valence-corrected chi connectivity index (χ0v) is 11.2. The number of carbonyl (C=O) groups is 1.